The van der Waals surface area contributed by atoms with Gasteiger partial charge < -0.3 is 57.2 Å². The summed E-state index contributed by atoms with van der Waals surface area (Å²) in [4.78, 5) is 121. The Kier molecular flexibility index (Phi) is 50.1. The van der Waals surface area contributed by atoms with E-state index in [1.54, 1.807) is 27.7 Å². The second kappa shape index (κ2) is 52.1. The van der Waals surface area contributed by atoms with Crippen molar-refractivity contribution in [3.05, 3.63) is 0 Å². The third kappa shape index (κ3) is 28.9. The van der Waals surface area contributed by atoms with E-state index in [0.717, 1.165) is 158 Å². The average Bonchev–Trinajstić information content (AvgIpc) is 1.13. The molecule has 2 saturated heterocycles. The molecule has 21 rings (SSSR count). The number of hydrogen-bond acceptors (Lipinski definition) is 22. The first kappa shape index (κ1) is 133. The van der Waals surface area contributed by atoms with E-state index in [-0.39, 0.29) is 213 Å². The van der Waals surface area contributed by atoms with E-state index in [1.165, 1.54) is 89.9 Å². The van der Waals surface area contributed by atoms with Gasteiger partial charge in [0.2, 0.25) is 6.10 Å². The van der Waals surface area contributed by atoms with Gasteiger partial charge in [-0.3, -0.25) is 38.4 Å². The van der Waals surface area contributed by atoms with Crippen LogP contribution in [0, 0.1) is 144 Å². The van der Waals surface area contributed by atoms with Crippen LogP contribution < -0.4 is 0 Å². The van der Waals surface area contributed by atoms with Crippen molar-refractivity contribution in [2.45, 2.75) is 512 Å². The predicted octanol–water partition coefficient (Wildman–Crippen LogP) is 28.1. The molecule has 138 heavy (non-hydrogen) atoms. The number of carbonyl (C=O) groups excluding carboxylic acids is 10. The topological polar surface area (TPSA) is 292 Å². The Morgan fingerprint density at radius 1 is 0.420 bits per heavy atom. The molecule has 21 aliphatic rings. The highest BCUT2D eigenvalue weighted by molar-refractivity contribution is 5.84. The molecule has 0 aromatic heterocycles. The molecule has 1 N–H and O–H groups in total. The van der Waals surface area contributed by atoms with Crippen LogP contribution in [0.4, 0.5) is 0 Å². The van der Waals surface area contributed by atoms with Crippen molar-refractivity contribution < 1.29 is 105 Å². The van der Waals surface area contributed by atoms with Gasteiger partial charge in [0, 0.05) is 24.7 Å². The molecule has 21 fully saturated rings. The number of fused-ring (bicyclic) bond motifs is 1. The standard InChI is InChI=1S/C29H44O5.C19H32O2.C16H22O6.C16H26O3.C14H26O2.C10H16O4.12CH4/c1-4-28(2,3)26(30)34-25-22-10-19-11-23(25)14-29(12-19,13-22)27(31)33-16-32-15-24-20-6-17-5-18(8-20)9-21(24)7-17;1-6-18(4,5)17(20)21-19(12(2)3)15-8-13-7-14(10-15)11-16(19)9-13;1-4-16(2,3)15(19)20-7-11(17)21-12-8-5-9-10(6-8)14(18)22-13(9)12;1-4-14(2,3)13(17)19-16-8-11-5-12(9-16)7-15(18,6-11)10-16;1-5-13(3,4)12(15)16-14(6-2)10-8-7-9-11-14;1-4-10(2,3)9(12)14-7-5-6-13-8(7)11;;;;;;;;;;;;/h17-25H,4-16H2,1-3H3;12-16H,6-11H2,1-5H3;8-10,12-13H,4-7H2,1-3H3;11-12,18H,4-10H2,1-3H3;5-11H2,1-4H3;7H,4-6H2,1-3H3;12*1H4. The molecule has 22 nitrogen and oxygen atoms in total. The summed E-state index contributed by atoms with van der Waals surface area (Å²) in [6.07, 6.45) is 36.1. The highest BCUT2D eigenvalue weighted by atomic mass is 16.7. The van der Waals surface area contributed by atoms with Crippen LogP contribution in [0.2, 0.25) is 0 Å². The maximum Gasteiger partial charge on any atom is 0.347 e. The van der Waals surface area contributed by atoms with E-state index in [1.807, 2.05) is 90.0 Å². The molecule has 0 aromatic carbocycles. The van der Waals surface area contributed by atoms with Crippen molar-refractivity contribution in [1.29, 1.82) is 0 Å². The summed E-state index contributed by atoms with van der Waals surface area (Å²) < 4.78 is 61.7. The second-order valence-electron chi connectivity index (χ2n) is 47.8. The molecule has 18 bridgehead atoms. The van der Waals surface area contributed by atoms with Crippen molar-refractivity contribution in [2.24, 2.45) is 144 Å². The maximum absolute atomic E-state index is 13.3. The van der Waals surface area contributed by atoms with E-state index in [9.17, 15) is 53.1 Å². The number of rotatable bonds is 27. The van der Waals surface area contributed by atoms with Crippen molar-refractivity contribution in [3.8, 4) is 0 Å². The number of carbonyl (C=O) groups is 10. The second-order valence-corrected chi connectivity index (χ2v) is 47.8. The highest BCUT2D eigenvalue weighted by Crippen LogP contribution is 2.65. The smallest absolute Gasteiger partial charge is 0.347 e. The van der Waals surface area contributed by atoms with Crippen LogP contribution >= 0.6 is 0 Å². The average molecular weight is 1960 g/mol. The van der Waals surface area contributed by atoms with Gasteiger partial charge in [0.05, 0.1) is 62.6 Å². The van der Waals surface area contributed by atoms with Crippen molar-refractivity contribution in [2.75, 3.05) is 26.6 Å². The van der Waals surface area contributed by atoms with E-state index >= 15 is 0 Å². The Labute approximate surface area is 843 Å². The van der Waals surface area contributed by atoms with Gasteiger partial charge in [0.25, 0.3) is 0 Å². The minimum atomic E-state index is -0.687. The van der Waals surface area contributed by atoms with Crippen molar-refractivity contribution in [1.82, 2.24) is 0 Å². The fraction of sp³-hybridized carbons (Fsp3) is 0.914. The SMILES string of the molecule is C.C.C.C.C.C.C.C.C.C.C.C.CCC(C)(C)C(=O)OC1(C(C)C)C2CC3CC(C2)CC1C3.CCC(C)(C)C(=O)OC12CC3CC(CC(O)(C3)C1)C2.CCC(C)(C)C(=O)OC1C2CC3CC1CC(C(=O)OCOCC1C4CC5CC(C4)CC1C5)(C3)C2.CCC(C)(C)C(=O)OC1CCOC1=O.CCC(C)(C)C(=O)OCC(=O)OC1C2CC3C(=O)OC1C3C2.CCC1(OC(=O)C(C)(C)CC)CCCCC1. The molecule has 2 aliphatic heterocycles. The largest absolute Gasteiger partial charge is 0.463 e. The molecule has 10 unspecified atom stereocenters. The van der Waals surface area contributed by atoms with Crippen LogP contribution in [-0.4, -0.2) is 138 Å². The predicted molar refractivity (Wildman–Crippen MR) is 556 cm³/mol. The zero-order chi connectivity index (χ0) is 92.0. The molecule has 2 heterocycles. The molecule has 19 aliphatic carbocycles. The van der Waals surface area contributed by atoms with Gasteiger partial charge in [0.15, 0.2) is 13.4 Å². The summed E-state index contributed by atoms with van der Waals surface area (Å²) in [5.41, 5.74) is -4.29. The first-order valence-electron chi connectivity index (χ1n) is 50.4. The van der Waals surface area contributed by atoms with Gasteiger partial charge >= 0.3 is 59.7 Å². The minimum Gasteiger partial charge on any atom is -0.463 e. The summed E-state index contributed by atoms with van der Waals surface area (Å²) in [6.45, 7) is 42.5. The quantitative estimate of drug-likeness (QED) is 0.0346. The van der Waals surface area contributed by atoms with Crippen LogP contribution in [0.3, 0.4) is 0 Å². The monoisotopic (exact) mass is 1960 g/mol. The van der Waals surface area contributed by atoms with Crippen molar-refractivity contribution >= 4 is 59.7 Å². The lowest BCUT2D eigenvalue weighted by Gasteiger charge is -2.62. The number of esters is 10. The lowest BCUT2D eigenvalue weighted by Crippen LogP contribution is -2.63. The summed E-state index contributed by atoms with van der Waals surface area (Å²) in [5.74, 6) is 8.35. The number of ether oxygens (including phenoxy) is 11. The van der Waals surface area contributed by atoms with E-state index in [2.05, 4.69) is 27.7 Å². The van der Waals surface area contributed by atoms with Crippen LogP contribution in [-0.2, 0) is 100 Å². The van der Waals surface area contributed by atoms with Gasteiger partial charge in [-0.1, -0.05) is 158 Å². The third-order valence-corrected chi connectivity index (χ3v) is 36.2. The molecule has 0 radical (unpaired) electrons. The number of aliphatic hydroxyl groups is 1. The van der Waals surface area contributed by atoms with Gasteiger partial charge in [-0.05, 0) is 384 Å². The number of hydrogen-bond donors (Lipinski definition) is 1. The molecule has 0 aromatic rings. The fourth-order valence-corrected chi connectivity index (χ4v) is 26.8. The molecular formula is C116H214O22. The van der Waals surface area contributed by atoms with Gasteiger partial charge in [-0.25, -0.2) is 9.59 Å². The molecule has 10 atom stereocenters. The zero-order valence-corrected chi connectivity index (χ0v) is 81.5. The lowest BCUT2D eigenvalue weighted by molar-refractivity contribution is -0.231. The molecule has 0 spiro atoms. The van der Waals surface area contributed by atoms with Crippen LogP contribution in [0.1, 0.15) is 466 Å². The highest BCUT2D eigenvalue weighted by Gasteiger charge is 2.66. The lowest BCUT2D eigenvalue weighted by atomic mass is 9.47. The van der Waals surface area contributed by atoms with Gasteiger partial charge in [0.1, 0.15) is 35.1 Å². The Balaban J connectivity index is 0.00000164. The Hall–Kier alpha value is -5.38. The van der Waals surface area contributed by atoms with Gasteiger partial charge in [-0.2, -0.15) is 0 Å². The normalized spacial score (nSPS) is 34.0. The van der Waals surface area contributed by atoms with Crippen LogP contribution in [0.5, 0.6) is 0 Å². The Bertz CT molecular complexity index is 3770. The third-order valence-electron chi connectivity index (χ3n) is 36.2. The van der Waals surface area contributed by atoms with E-state index in [4.69, 9.17) is 52.1 Å². The summed E-state index contributed by atoms with van der Waals surface area (Å²) in [6, 6.07) is 0. The van der Waals surface area contributed by atoms with Gasteiger partial charge in [-0.15, -0.1) is 0 Å². The first-order chi connectivity index (χ1) is 59.1. The summed E-state index contributed by atoms with van der Waals surface area (Å²) in [5, 5.41) is 10.6. The molecule has 22 heteroatoms. The Morgan fingerprint density at radius 3 is 1.29 bits per heavy atom. The minimum absolute atomic E-state index is 0. The number of cyclic esters (lactones) is 1. The first-order valence-corrected chi connectivity index (χ1v) is 50.4. The van der Waals surface area contributed by atoms with Crippen LogP contribution in [0.15, 0.2) is 0 Å². The van der Waals surface area contributed by atoms with Crippen LogP contribution in [0.25, 0.3) is 0 Å². The fourth-order valence-electron chi connectivity index (χ4n) is 26.8. The zero-order valence-electron chi connectivity index (χ0n) is 81.5. The van der Waals surface area contributed by atoms with E-state index < -0.39 is 51.3 Å². The van der Waals surface area contributed by atoms with Crippen molar-refractivity contribution in [3.63, 3.8) is 0 Å². The maximum atomic E-state index is 13.3. The summed E-state index contributed by atoms with van der Waals surface area (Å²) in [7, 11) is 0. The molecular weight excluding hydrogens is 1750 g/mol. The molecule has 810 valence electrons. The van der Waals surface area contributed by atoms with E-state index in [0.29, 0.717) is 85.6 Å². The molecule has 0 amide bonds. The molecule has 19 saturated carbocycles. The Morgan fingerprint density at radius 2 is 0.848 bits per heavy atom. The summed E-state index contributed by atoms with van der Waals surface area (Å²) >= 11 is 0.